The number of benzene rings is 2. The Kier molecular flexibility index (Phi) is 8.39. The normalized spacial score (nSPS) is 18.7. The minimum absolute atomic E-state index is 0.0737. The molecule has 1 fully saturated rings. The molecule has 1 amide bonds. The Hall–Kier alpha value is -4.14. The summed E-state index contributed by atoms with van der Waals surface area (Å²) in [5, 5.41) is 9.83. The van der Waals surface area contributed by atoms with Gasteiger partial charge in [-0.15, -0.1) is 0 Å². The maximum Gasteiger partial charge on any atom is 0.411 e. The van der Waals surface area contributed by atoms with Gasteiger partial charge in [-0.25, -0.2) is 14.4 Å². The van der Waals surface area contributed by atoms with Gasteiger partial charge in [0.2, 0.25) is 0 Å². The van der Waals surface area contributed by atoms with E-state index < -0.39 is 36.0 Å². The quantitative estimate of drug-likeness (QED) is 0.375. The number of hydrogen-bond donors (Lipinski definition) is 1. The molecule has 2 atom stereocenters. The number of methoxy groups -OCH3 is 1. The molecule has 0 radical (unpaired) electrons. The zero-order valence-corrected chi connectivity index (χ0v) is 18.6. The average molecular weight is 467 g/mol. The molecule has 1 aliphatic heterocycles. The zero-order chi connectivity index (χ0) is 24.5. The van der Waals surface area contributed by atoms with Gasteiger partial charge < -0.3 is 19.3 Å². The van der Waals surface area contributed by atoms with E-state index in [0.717, 1.165) is 16.5 Å². The molecule has 0 spiro atoms. The van der Waals surface area contributed by atoms with E-state index in [1.54, 1.807) is 48.5 Å². The Balaban J connectivity index is 1.84. The molecule has 2 aromatic rings. The summed E-state index contributed by atoms with van der Waals surface area (Å²) in [6, 6.07) is 16.4. The third-order valence-electron chi connectivity index (χ3n) is 5.32. The lowest BCUT2D eigenvalue weighted by Gasteiger charge is -2.38. The van der Waals surface area contributed by atoms with Crippen molar-refractivity contribution in [2.45, 2.75) is 25.7 Å². The van der Waals surface area contributed by atoms with Gasteiger partial charge in [-0.1, -0.05) is 60.7 Å². The van der Waals surface area contributed by atoms with Crippen molar-refractivity contribution in [1.82, 2.24) is 4.90 Å². The summed E-state index contributed by atoms with van der Waals surface area (Å²) in [5.41, 5.74) is 1.75. The van der Waals surface area contributed by atoms with Crippen molar-refractivity contribution in [3.8, 4) is 0 Å². The van der Waals surface area contributed by atoms with E-state index in [-0.39, 0.29) is 26.2 Å². The minimum atomic E-state index is -1.43. The van der Waals surface area contributed by atoms with Crippen molar-refractivity contribution in [2.24, 2.45) is 5.92 Å². The van der Waals surface area contributed by atoms with Crippen LogP contribution in [0.4, 0.5) is 4.79 Å². The monoisotopic (exact) mass is 467 g/mol. The van der Waals surface area contributed by atoms with E-state index in [1.807, 2.05) is 12.1 Å². The number of likely N-dealkylation sites (tertiary alicyclic amines) is 1. The molecule has 0 bridgehead atoms. The zero-order valence-electron chi connectivity index (χ0n) is 18.6. The van der Waals surface area contributed by atoms with E-state index >= 15 is 0 Å². The van der Waals surface area contributed by atoms with Gasteiger partial charge in [0.15, 0.2) is 0 Å². The molecule has 9 nitrogen and oxygen atoms in total. The summed E-state index contributed by atoms with van der Waals surface area (Å²) in [4.78, 5) is 50.8. The van der Waals surface area contributed by atoms with Crippen molar-refractivity contribution in [3.63, 3.8) is 0 Å². The first kappa shape index (κ1) is 24.5. The second kappa shape index (κ2) is 11.6. The number of esters is 2. The number of nitrogens with zero attached hydrogens (tertiary/aromatic N) is 1. The van der Waals surface area contributed by atoms with Crippen molar-refractivity contribution >= 4 is 24.0 Å². The highest BCUT2D eigenvalue weighted by Gasteiger charge is 2.46. The summed E-state index contributed by atoms with van der Waals surface area (Å²) in [6.07, 6.45) is 0.101. The van der Waals surface area contributed by atoms with Crippen LogP contribution in [-0.2, 0) is 41.8 Å². The third-order valence-corrected chi connectivity index (χ3v) is 5.32. The van der Waals surface area contributed by atoms with Gasteiger partial charge in [0.05, 0.1) is 13.0 Å². The topological polar surface area (TPSA) is 119 Å². The number of piperidine rings is 1. The predicted octanol–water partition coefficient (Wildman–Crippen LogP) is 2.94. The molecular formula is C25H25NO8. The Morgan fingerprint density at radius 1 is 0.941 bits per heavy atom. The summed E-state index contributed by atoms with van der Waals surface area (Å²) in [7, 11) is 1.19. The maximum absolute atomic E-state index is 13.0. The number of amides is 1. The molecule has 178 valence electrons. The van der Waals surface area contributed by atoms with Gasteiger partial charge in [0.1, 0.15) is 19.3 Å². The molecule has 0 saturated carbocycles. The molecule has 3 rings (SSSR count). The molecule has 2 aromatic carbocycles. The Morgan fingerprint density at radius 2 is 1.50 bits per heavy atom. The van der Waals surface area contributed by atoms with E-state index in [2.05, 4.69) is 4.74 Å². The highest BCUT2D eigenvalue weighted by atomic mass is 16.6. The first-order chi connectivity index (χ1) is 16.4. The summed E-state index contributed by atoms with van der Waals surface area (Å²) < 4.78 is 15.3. The first-order valence-corrected chi connectivity index (χ1v) is 10.6. The van der Waals surface area contributed by atoms with Crippen LogP contribution in [0.2, 0.25) is 0 Å². The largest absolute Gasteiger partial charge is 0.481 e. The average Bonchev–Trinajstić information content (AvgIpc) is 2.86. The van der Waals surface area contributed by atoms with Crippen molar-refractivity contribution < 1.29 is 38.5 Å². The van der Waals surface area contributed by atoms with Gasteiger partial charge in [-0.05, 0) is 23.1 Å². The number of carbonyl (C=O) groups excluding carboxylic acids is 3. The van der Waals surface area contributed by atoms with Crippen LogP contribution in [0.25, 0.3) is 0 Å². The number of hydrogen-bond acceptors (Lipinski definition) is 7. The Bertz CT molecular complexity index is 1050. The molecule has 1 heterocycles. The van der Waals surface area contributed by atoms with Crippen LogP contribution in [0.15, 0.2) is 72.3 Å². The molecular weight excluding hydrogens is 442 g/mol. The van der Waals surface area contributed by atoms with Crippen molar-refractivity contribution in [2.75, 3.05) is 13.7 Å². The lowest BCUT2D eigenvalue weighted by molar-refractivity contribution is -0.160. The van der Waals surface area contributed by atoms with E-state index in [0.29, 0.717) is 11.1 Å². The molecule has 9 heteroatoms. The number of carboxylic acids is 1. The fraction of sp³-hybridized carbons (Fsp3) is 0.280. The number of ether oxygens (including phenoxy) is 3. The number of carbonyl (C=O) groups is 4. The summed E-state index contributed by atoms with van der Waals surface area (Å²) >= 11 is 0. The van der Waals surface area contributed by atoms with E-state index in [9.17, 15) is 24.3 Å². The lowest BCUT2D eigenvalue weighted by Crippen LogP contribution is -2.56. The fourth-order valence-corrected chi connectivity index (χ4v) is 3.63. The first-order valence-electron chi connectivity index (χ1n) is 10.6. The van der Waals surface area contributed by atoms with Crippen LogP contribution in [-0.4, -0.2) is 53.7 Å². The van der Waals surface area contributed by atoms with Gasteiger partial charge in [-0.2, -0.15) is 0 Å². The van der Waals surface area contributed by atoms with E-state index in [1.165, 1.54) is 7.11 Å². The summed E-state index contributed by atoms with van der Waals surface area (Å²) in [5.74, 6) is -4.21. The van der Waals surface area contributed by atoms with Gasteiger partial charge in [0.25, 0.3) is 0 Å². The van der Waals surface area contributed by atoms with Gasteiger partial charge in [-0.3, -0.25) is 9.69 Å². The lowest BCUT2D eigenvalue weighted by atomic mass is 9.86. The minimum Gasteiger partial charge on any atom is -0.481 e. The van der Waals surface area contributed by atoms with Crippen LogP contribution in [0, 0.1) is 5.92 Å². The van der Waals surface area contributed by atoms with Crippen LogP contribution >= 0.6 is 0 Å². The molecule has 1 aliphatic rings. The molecule has 34 heavy (non-hydrogen) atoms. The predicted molar refractivity (Wildman–Crippen MR) is 119 cm³/mol. The molecule has 0 aromatic heterocycles. The van der Waals surface area contributed by atoms with Crippen LogP contribution < -0.4 is 0 Å². The second-order valence-corrected chi connectivity index (χ2v) is 7.68. The van der Waals surface area contributed by atoms with Crippen LogP contribution in [0.3, 0.4) is 0 Å². The maximum atomic E-state index is 13.0. The fourth-order valence-electron chi connectivity index (χ4n) is 3.63. The van der Waals surface area contributed by atoms with Crippen molar-refractivity contribution in [3.05, 3.63) is 83.4 Å². The third kappa shape index (κ3) is 6.44. The Labute approximate surface area is 196 Å². The SMILES string of the molecule is COC(=O)C=C1C[C@H](C(=O)O)[C@@H](C(=O)OCc2ccccc2)N(C(=O)OCc2ccccc2)C1. The van der Waals surface area contributed by atoms with Gasteiger partial charge >= 0.3 is 24.0 Å². The van der Waals surface area contributed by atoms with E-state index in [4.69, 9.17) is 9.47 Å². The molecule has 0 aliphatic carbocycles. The highest BCUT2D eigenvalue weighted by Crippen LogP contribution is 2.30. The second-order valence-electron chi connectivity index (χ2n) is 7.68. The van der Waals surface area contributed by atoms with Gasteiger partial charge in [0, 0.05) is 12.6 Å². The number of aliphatic carboxylic acids is 1. The molecule has 1 N–H and O–H groups in total. The smallest absolute Gasteiger partial charge is 0.411 e. The Morgan fingerprint density at radius 3 is 2.03 bits per heavy atom. The number of rotatable bonds is 7. The number of carboxylic acid groups (broad SMARTS) is 1. The molecule has 0 unspecified atom stereocenters. The van der Waals surface area contributed by atoms with Crippen molar-refractivity contribution in [1.29, 1.82) is 0 Å². The standard InChI is InChI=1S/C25H25NO8/c1-32-21(27)13-19-12-20(23(28)29)22(24(30)33-15-17-8-4-2-5-9-17)26(14-19)25(31)34-16-18-10-6-3-7-11-18/h2-11,13,20,22H,12,14-16H2,1H3,(H,28,29)/t20-,22-/m0/s1. The molecule has 1 saturated heterocycles. The highest BCUT2D eigenvalue weighted by molar-refractivity contribution is 5.89. The summed E-state index contributed by atoms with van der Waals surface area (Å²) in [6.45, 7) is -0.340. The van der Waals surface area contributed by atoms with Crippen LogP contribution in [0.5, 0.6) is 0 Å². The van der Waals surface area contributed by atoms with Crippen LogP contribution in [0.1, 0.15) is 17.5 Å².